The second kappa shape index (κ2) is 7.56. The molecule has 1 N–H and O–H groups in total. The van der Waals surface area contributed by atoms with E-state index in [-0.39, 0.29) is 0 Å². The molecule has 0 aliphatic heterocycles. The molecule has 0 saturated heterocycles. The van der Waals surface area contributed by atoms with Crippen LogP contribution < -0.4 is 5.32 Å². The number of thioether (sulfide) groups is 1. The minimum Gasteiger partial charge on any atom is -0.316 e. The van der Waals surface area contributed by atoms with Gasteiger partial charge in [-0.1, -0.05) is 39.5 Å². The molecule has 0 amide bonds. The minimum atomic E-state index is 0.710. The van der Waals surface area contributed by atoms with Crippen LogP contribution in [-0.2, 0) is 0 Å². The Bertz CT molecular complexity index is 155. The summed E-state index contributed by atoms with van der Waals surface area (Å²) in [7, 11) is 2.11. The molecule has 0 aromatic rings. The summed E-state index contributed by atoms with van der Waals surface area (Å²) in [5, 5.41) is 4.43. The van der Waals surface area contributed by atoms with E-state index in [1.54, 1.807) is 0 Å². The summed E-state index contributed by atoms with van der Waals surface area (Å²) >= 11 is 2.21. The molecule has 2 heteroatoms. The van der Waals surface area contributed by atoms with Crippen LogP contribution in [0.25, 0.3) is 0 Å². The van der Waals surface area contributed by atoms with Crippen LogP contribution in [0.5, 0.6) is 0 Å². The third-order valence-electron chi connectivity index (χ3n) is 3.77. The highest BCUT2D eigenvalue weighted by atomic mass is 32.2. The molecule has 0 radical (unpaired) electrons. The predicted octanol–water partition coefficient (Wildman–Crippen LogP) is 3.69. The van der Waals surface area contributed by atoms with E-state index in [0.717, 1.165) is 11.2 Å². The van der Waals surface area contributed by atoms with Gasteiger partial charge in [0, 0.05) is 17.0 Å². The van der Waals surface area contributed by atoms with Crippen molar-refractivity contribution in [2.45, 2.75) is 63.7 Å². The maximum atomic E-state index is 3.47. The lowest BCUT2D eigenvalue weighted by Crippen LogP contribution is -2.34. The lowest BCUT2D eigenvalue weighted by Gasteiger charge is -2.26. The van der Waals surface area contributed by atoms with E-state index in [1.165, 1.54) is 44.3 Å². The van der Waals surface area contributed by atoms with Gasteiger partial charge in [0.2, 0.25) is 0 Å². The van der Waals surface area contributed by atoms with E-state index in [2.05, 4.69) is 38.0 Å². The Hall–Kier alpha value is 0.310. The van der Waals surface area contributed by atoms with Crippen molar-refractivity contribution in [1.82, 2.24) is 5.32 Å². The van der Waals surface area contributed by atoms with Gasteiger partial charge in [0.25, 0.3) is 0 Å². The van der Waals surface area contributed by atoms with Gasteiger partial charge in [-0.15, -0.1) is 0 Å². The van der Waals surface area contributed by atoms with Crippen molar-refractivity contribution in [2.75, 3.05) is 12.8 Å². The average Bonchev–Trinajstić information content (AvgIpc) is 2.31. The Balaban J connectivity index is 2.20. The van der Waals surface area contributed by atoms with Crippen molar-refractivity contribution in [3.63, 3.8) is 0 Å². The molecule has 1 rings (SSSR count). The number of hydrogen-bond donors (Lipinski definition) is 1. The molecule has 15 heavy (non-hydrogen) atoms. The molecular formula is C13H27NS. The molecule has 1 aliphatic carbocycles. The summed E-state index contributed by atoms with van der Waals surface area (Å²) in [5.41, 5.74) is 0. The van der Waals surface area contributed by atoms with Crippen molar-refractivity contribution in [3.05, 3.63) is 0 Å². The largest absolute Gasteiger partial charge is 0.316 e. The van der Waals surface area contributed by atoms with Crippen LogP contribution in [0.3, 0.4) is 0 Å². The maximum absolute atomic E-state index is 3.47. The highest BCUT2D eigenvalue weighted by Gasteiger charge is 2.18. The van der Waals surface area contributed by atoms with Gasteiger partial charge in [0.05, 0.1) is 0 Å². The van der Waals surface area contributed by atoms with Crippen LogP contribution in [0, 0.1) is 5.92 Å². The SMILES string of the molecule is CCC(C)C(CSC1CCCCC1)NC. The van der Waals surface area contributed by atoms with Crippen molar-refractivity contribution >= 4 is 11.8 Å². The van der Waals surface area contributed by atoms with E-state index in [4.69, 9.17) is 0 Å². The number of nitrogens with one attached hydrogen (secondary N) is 1. The highest BCUT2D eigenvalue weighted by molar-refractivity contribution is 7.99. The monoisotopic (exact) mass is 229 g/mol. The fourth-order valence-corrected chi connectivity index (χ4v) is 3.93. The average molecular weight is 229 g/mol. The van der Waals surface area contributed by atoms with E-state index in [1.807, 2.05) is 0 Å². The number of rotatable bonds is 6. The summed E-state index contributed by atoms with van der Waals surface area (Å²) in [4.78, 5) is 0. The highest BCUT2D eigenvalue weighted by Crippen LogP contribution is 2.29. The molecule has 0 spiro atoms. The zero-order chi connectivity index (χ0) is 11.1. The quantitative estimate of drug-likeness (QED) is 0.745. The molecule has 2 atom stereocenters. The maximum Gasteiger partial charge on any atom is 0.0180 e. The van der Waals surface area contributed by atoms with Crippen LogP contribution in [0.15, 0.2) is 0 Å². The Morgan fingerprint density at radius 3 is 2.47 bits per heavy atom. The second-order valence-corrected chi connectivity index (χ2v) is 6.21. The van der Waals surface area contributed by atoms with Gasteiger partial charge < -0.3 is 5.32 Å². The van der Waals surface area contributed by atoms with Crippen LogP contribution in [-0.4, -0.2) is 24.1 Å². The van der Waals surface area contributed by atoms with Crippen molar-refractivity contribution in [2.24, 2.45) is 5.92 Å². The lowest BCUT2D eigenvalue weighted by molar-refractivity contribution is 0.419. The Morgan fingerprint density at radius 2 is 1.93 bits per heavy atom. The summed E-state index contributed by atoms with van der Waals surface area (Å²) < 4.78 is 0. The first-order valence-corrected chi connectivity index (χ1v) is 7.61. The summed E-state index contributed by atoms with van der Waals surface area (Å²) in [5.74, 6) is 2.11. The smallest absolute Gasteiger partial charge is 0.0180 e. The molecule has 0 heterocycles. The molecule has 2 unspecified atom stereocenters. The van der Waals surface area contributed by atoms with E-state index in [0.29, 0.717) is 6.04 Å². The molecule has 1 aliphatic rings. The second-order valence-electron chi connectivity index (χ2n) is 4.87. The first kappa shape index (κ1) is 13.4. The normalized spacial score (nSPS) is 22.6. The Labute approximate surface area is 99.8 Å². The van der Waals surface area contributed by atoms with Gasteiger partial charge in [-0.3, -0.25) is 0 Å². The standard InChI is InChI=1S/C13H27NS/c1-4-11(2)13(14-3)10-15-12-8-6-5-7-9-12/h11-14H,4-10H2,1-3H3. The van der Waals surface area contributed by atoms with Crippen LogP contribution in [0.1, 0.15) is 52.4 Å². The van der Waals surface area contributed by atoms with E-state index in [9.17, 15) is 0 Å². The lowest BCUT2D eigenvalue weighted by atomic mass is 10.0. The molecule has 90 valence electrons. The molecule has 0 aromatic carbocycles. The van der Waals surface area contributed by atoms with Gasteiger partial charge in [0.1, 0.15) is 0 Å². The first-order valence-electron chi connectivity index (χ1n) is 6.56. The van der Waals surface area contributed by atoms with E-state index >= 15 is 0 Å². The van der Waals surface area contributed by atoms with Crippen LogP contribution in [0.2, 0.25) is 0 Å². The Morgan fingerprint density at radius 1 is 1.27 bits per heavy atom. The van der Waals surface area contributed by atoms with Gasteiger partial charge in [-0.25, -0.2) is 0 Å². The van der Waals surface area contributed by atoms with Crippen molar-refractivity contribution in [1.29, 1.82) is 0 Å². The predicted molar refractivity (Wildman–Crippen MR) is 71.6 cm³/mol. The summed E-state index contributed by atoms with van der Waals surface area (Å²) in [6.45, 7) is 4.66. The van der Waals surface area contributed by atoms with E-state index < -0.39 is 0 Å². The molecule has 1 saturated carbocycles. The zero-order valence-corrected chi connectivity index (χ0v) is 11.4. The molecule has 0 bridgehead atoms. The molecule has 1 fully saturated rings. The third kappa shape index (κ3) is 4.78. The Kier molecular flexibility index (Phi) is 6.74. The molecule has 0 aromatic heterocycles. The molecular weight excluding hydrogens is 202 g/mol. The van der Waals surface area contributed by atoms with Crippen molar-refractivity contribution in [3.8, 4) is 0 Å². The van der Waals surface area contributed by atoms with Gasteiger partial charge >= 0.3 is 0 Å². The van der Waals surface area contributed by atoms with Crippen LogP contribution >= 0.6 is 11.8 Å². The first-order chi connectivity index (χ1) is 7.27. The topological polar surface area (TPSA) is 12.0 Å². The minimum absolute atomic E-state index is 0.710. The summed E-state index contributed by atoms with van der Waals surface area (Å²) in [6.07, 6.45) is 8.61. The number of hydrogen-bond acceptors (Lipinski definition) is 2. The van der Waals surface area contributed by atoms with Crippen molar-refractivity contribution < 1.29 is 0 Å². The van der Waals surface area contributed by atoms with Gasteiger partial charge in [-0.2, -0.15) is 11.8 Å². The molecule has 1 nitrogen and oxygen atoms in total. The van der Waals surface area contributed by atoms with Crippen LogP contribution in [0.4, 0.5) is 0 Å². The van der Waals surface area contributed by atoms with Gasteiger partial charge in [-0.05, 0) is 25.8 Å². The third-order valence-corrected chi connectivity index (χ3v) is 5.26. The zero-order valence-electron chi connectivity index (χ0n) is 10.6. The van der Waals surface area contributed by atoms with Gasteiger partial charge in [0.15, 0.2) is 0 Å². The summed E-state index contributed by atoms with van der Waals surface area (Å²) in [6, 6.07) is 0.710. The fourth-order valence-electron chi connectivity index (χ4n) is 2.29. The fraction of sp³-hybridized carbons (Fsp3) is 1.00.